The topological polar surface area (TPSA) is 38.7 Å². The Kier molecular flexibility index (Phi) is 3.06. The Balaban J connectivity index is 3.06. The Labute approximate surface area is 80.3 Å². The second-order valence-corrected chi connectivity index (χ2v) is 3.18. The van der Waals surface area contributed by atoms with E-state index in [0.717, 1.165) is 0 Å². The molecule has 1 aromatic heterocycles. The van der Waals surface area contributed by atoms with Gasteiger partial charge in [0.05, 0.1) is 5.75 Å². The molecule has 0 aliphatic rings. The van der Waals surface area contributed by atoms with Gasteiger partial charge in [-0.15, -0.1) is 0 Å². The van der Waals surface area contributed by atoms with Gasteiger partial charge in [0, 0.05) is 0 Å². The summed E-state index contributed by atoms with van der Waals surface area (Å²) in [6.07, 6.45) is 0. The van der Waals surface area contributed by atoms with E-state index in [9.17, 15) is 0 Å². The van der Waals surface area contributed by atoms with Crippen molar-refractivity contribution in [3.63, 3.8) is 0 Å². The van der Waals surface area contributed by atoms with Gasteiger partial charge < -0.3 is 0 Å². The highest BCUT2D eigenvalue weighted by atomic mass is 79.9. The third kappa shape index (κ3) is 2.17. The second-order valence-electron chi connectivity index (χ2n) is 1.45. The lowest BCUT2D eigenvalue weighted by atomic mass is 10.7. The first-order chi connectivity index (χ1) is 4.72. The summed E-state index contributed by atoms with van der Waals surface area (Å²) in [5.41, 5.74) is 0. The molecule has 0 radical (unpaired) electrons. The summed E-state index contributed by atoms with van der Waals surface area (Å²) in [4.78, 5) is 11.7. The molecule has 0 unspecified atom stereocenters. The van der Waals surface area contributed by atoms with E-state index in [1.54, 1.807) is 0 Å². The summed E-state index contributed by atoms with van der Waals surface area (Å²) >= 11 is 10.3. The Morgan fingerprint density at radius 2 is 1.60 bits per heavy atom. The zero-order valence-electron chi connectivity index (χ0n) is 4.75. The molecule has 1 rings (SSSR count). The van der Waals surface area contributed by atoms with Crippen molar-refractivity contribution >= 4 is 44.5 Å². The average Bonchev–Trinajstić information content (AvgIpc) is 1.85. The molecule has 0 bridgehead atoms. The smallest absolute Gasteiger partial charge is 0.200 e. The zero-order valence-corrected chi connectivity index (χ0v) is 8.82. The molecular weight excluding hydrogens is 282 g/mol. The van der Waals surface area contributed by atoms with Gasteiger partial charge in [-0.25, -0.2) is 9.97 Å². The van der Waals surface area contributed by atoms with Crippen LogP contribution in [0.3, 0.4) is 0 Å². The van der Waals surface area contributed by atoms with Crippen LogP contribution in [0.1, 0.15) is 5.82 Å². The van der Waals surface area contributed by atoms with Gasteiger partial charge in [-0.2, -0.15) is 17.6 Å². The number of thiol groups is 1. The van der Waals surface area contributed by atoms with E-state index < -0.39 is 0 Å². The molecule has 0 N–H and O–H groups in total. The van der Waals surface area contributed by atoms with E-state index >= 15 is 0 Å². The molecule has 0 saturated carbocycles. The van der Waals surface area contributed by atoms with Gasteiger partial charge in [-0.05, 0) is 31.9 Å². The summed E-state index contributed by atoms with van der Waals surface area (Å²) in [5.74, 6) is 1.16. The van der Waals surface area contributed by atoms with Crippen molar-refractivity contribution in [1.29, 1.82) is 0 Å². The fraction of sp³-hybridized carbons (Fsp3) is 0.250. The predicted octanol–water partition coefficient (Wildman–Crippen LogP) is 1.83. The van der Waals surface area contributed by atoms with Crippen LogP contribution in [-0.4, -0.2) is 15.0 Å². The van der Waals surface area contributed by atoms with Crippen LogP contribution >= 0.6 is 44.5 Å². The van der Waals surface area contributed by atoms with E-state index in [4.69, 9.17) is 0 Å². The second kappa shape index (κ2) is 3.64. The molecule has 0 spiro atoms. The average molecular weight is 285 g/mol. The first-order valence-electron chi connectivity index (χ1n) is 2.39. The highest BCUT2D eigenvalue weighted by Gasteiger charge is 1.98. The number of nitrogens with zero attached hydrogens (tertiary/aromatic N) is 3. The van der Waals surface area contributed by atoms with Crippen molar-refractivity contribution in [1.82, 2.24) is 15.0 Å². The van der Waals surface area contributed by atoms with Crippen LogP contribution in [0.4, 0.5) is 0 Å². The van der Waals surface area contributed by atoms with Crippen molar-refractivity contribution in [3.8, 4) is 0 Å². The molecule has 1 aromatic rings. The monoisotopic (exact) mass is 283 g/mol. The third-order valence-corrected chi connectivity index (χ3v) is 1.76. The molecule has 0 aromatic carbocycles. The highest BCUT2D eigenvalue weighted by Crippen LogP contribution is 2.08. The van der Waals surface area contributed by atoms with Crippen molar-refractivity contribution < 1.29 is 0 Å². The van der Waals surface area contributed by atoms with Crippen molar-refractivity contribution in [2.75, 3.05) is 0 Å². The normalized spacial score (nSPS) is 9.90. The van der Waals surface area contributed by atoms with Gasteiger partial charge in [0.1, 0.15) is 5.82 Å². The molecule has 54 valence electrons. The maximum absolute atomic E-state index is 4.01. The van der Waals surface area contributed by atoms with Crippen LogP contribution < -0.4 is 0 Å². The minimum absolute atomic E-state index is 0.514. The molecule has 0 fully saturated rings. The third-order valence-electron chi connectivity index (χ3n) is 0.769. The lowest BCUT2D eigenvalue weighted by Gasteiger charge is -1.94. The van der Waals surface area contributed by atoms with Crippen molar-refractivity contribution in [2.24, 2.45) is 0 Å². The van der Waals surface area contributed by atoms with Crippen LogP contribution in [0.25, 0.3) is 0 Å². The minimum Gasteiger partial charge on any atom is -0.206 e. The Bertz CT molecular complexity index is 222. The van der Waals surface area contributed by atoms with Crippen molar-refractivity contribution in [2.45, 2.75) is 5.75 Å². The number of hydrogen-bond acceptors (Lipinski definition) is 4. The first kappa shape index (κ1) is 8.42. The summed E-state index contributed by atoms with van der Waals surface area (Å²) in [5, 5.41) is 0. The van der Waals surface area contributed by atoms with Crippen LogP contribution in [0.2, 0.25) is 0 Å². The molecule has 0 amide bonds. The van der Waals surface area contributed by atoms with Crippen LogP contribution in [0, 0.1) is 0 Å². The number of halogens is 2. The van der Waals surface area contributed by atoms with Gasteiger partial charge in [-0.1, -0.05) is 0 Å². The quantitative estimate of drug-likeness (QED) is 0.800. The SMILES string of the molecule is SCc1nc(Br)nc(Br)n1. The van der Waals surface area contributed by atoms with E-state index in [1.807, 2.05) is 0 Å². The van der Waals surface area contributed by atoms with Crippen LogP contribution in [-0.2, 0) is 5.75 Å². The fourth-order valence-electron chi connectivity index (χ4n) is 0.435. The van der Waals surface area contributed by atoms with E-state index in [1.165, 1.54) is 0 Å². The van der Waals surface area contributed by atoms with Crippen molar-refractivity contribution in [3.05, 3.63) is 15.3 Å². The standard InChI is InChI=1S/C4H3Br2N3S/c5-3-7-2(1-10)8-4(6)9-3/h10H,1H2. The predicted molar refractivity (Wildman–Crippen MR) is 47.9 cm³/mol. The van der Waals surface area contributed by atoms with Crippen LogP contribution in [0.15, 0.2) is 9.47 Å². The Morgan fingerprint density at radius 3 is 2.00 bits per heavy atom. The largest absolute Gasteiger partial charge is 0.206 e. The number of aromatic nitrogens is 3. The number of rotatable bonds is 1. The summed E-state index contributed by atoms with van der Waals surface area (Å²) < 4.78 is 1.05. The van der Waals surface area contributed by atoms with Gasteiger partial charge in [0.2, 0.25) is 9.47 Å². The van der Waals surface area contributed by atoms with Crippen LogP contribution in [0.5, 0.6) is 0 Å². The number of hydrogen-bond donors (Lipinski definition) is 1. The first-order valence-corrected chi connectivity index (χ1v) is 4.61. The molecule has 3 nitrogen and oxygen atoms in total. The maximum atomic E-state index is 4.01. The molecular formula is C4H3Br2N3S. The van der Waals surface area contributed by atoms with Gasteiger partial charge in [-0.3, -0.25) is 0 Å². The van der Waals surface area contributed by atoms with E-state index in [-0.39, 0.29) is 0 Å². The van der Waals surface area contributed by atoms with Gasteiger partial charge in [0.25, 0.3) is 0 Å². The summed E-state index contributed by atoms with van der Waals surface area (Å²) in [7, 11) is 0. The Morgan fingerprint density at radius 1 is 1.10 bits per heavy atom. The highest BCUT2D eigenvalue weighted by molar-refractivity contribution is 9.11. The molecule has 6 heteroatoms. The molecule has 0 atom stereocenters. The maximum Gasteiger partial charge on any atom is 0.200 e. The fourth-order valence-corrected chi connectivity index (χ4v) is 1.56. The summed E-state index contributed by atoms with van der Waals surface area (Å²) in [6, 6.07) is 0. The molecule has 0 saturated heterocycles. The Hall–Kier alpha value is 0.320. The lowest BCUT2D eigenvalue weighted by Crippen LogP contribution is -1.95. The van der Waals surface area contributed by atoms with E-state index in [2.05, 4.69) is 59.4 Å². The minimum atomic E-state index is 0.514. The molecule has 0 aliphatic heterocycles. The van der Waals surface area contributed by atoms with Gasteiger partial charge in [0.15, 0.2) is 0 Å². The molecule has 10 heavy (non-hydrogen) atoms. The summed E-state index contributed by atoms with van der Waals surface area (Å²) in [6.45, 7) is 0. The lowest BCUT2D eigenvalue weighted by molar-refractivity contribution is 0.908. The molecule has 0 aliphatic carbocycles. The van der Waals surface area contributed by atoms with Gasteiger partial charge >= 0.3 is 0 Å². The van der Waals surface area contributed by atoms with E-state index in [0.29, 0.717) is 21.0 Å². The molecule has 1 heterocycles. The zero-order chi connectivity index (χ0) is 7.56.